The van der Waals surface area contributed by atoms with Crippen LogP contribution in [0.15, 0.2) is 36.0 Å². The highest BCUT2D eigenvalue weighted by atomic mass is 19.1. The van der Waals surface area contributed by atoms with E-state index in [9.17, 15) is 9.18 Å². The Balaban J connectivity index is 1.65. The molecule has 2 atom stereocenters. The van der Waals surface area contributed by atoms with Gasteiger partial charge < -0.3 is 4.90 Å². The van der Waals surface area contributed by atoms with Crippen LogP contribution < -0.4 is 0 Å². The number of halogens is 1. The second kappa shape index (κ2) is 7.77. The summed E-state index contributed by atoms with van der Waals surface area (Å²) in [5, 5.41) is 4.57. The SMILES string of the molecule is CCCN(CCC)C(=O)[C@H]1CCC2=Cc3c(cnn3-c3ccc(F)cc3)C[C@@]21C. The number of aromatic nitrogens is 2. The second-order valence-corrected chi connectivity index (χ2v) is 8.62. The first-order valence-electron chi connectivity index (χ1n) is 10.8. The fourth-order valence-electron chi connectivity index (χ4n) is 5.12. The smallest absolute Gasteiger partial charge is 0.226 e. The second-order valence-electron chi connectivity index (χ2n) is 8.62. The lowest BCUT2D eigenvalue weighted by Crippen LogP contribution is -2.43. The average Bonchev–Trinajstić information content (AvgIpc) is 3.25. The zero-order chi connectivity index (χ0) is 20.6. The van der Waals surface area contributed by atoms with E-state index < -0.39 is 0 Å². The number of carbonyl (C=O) groups excluding carboxylic acids is 1. The van der Waals surface area contributed by atoms with Crippen LogP contribution in [0.25, 0.3) is 11.8 Å². The molecule has 1 aromatic carbocycles. The maximum Gasteiger partial charge on any atom is 0.226 e. The first kappa shape index (κ1) is 19.9. The molecule has 1 aromatic heterocycles. The van der Waals surface area contributed by atoms with E-state index in [4.69, 9.17) is 0 Å². The van der Waals surface area contributed by atoms with Gasteiger partial charge in [-0.05, 0) is 68.0 Å². The van der Waals surface area contributed by atoms with Crippen LogP contribution in [0, 0.1) is 17.2 Å². The quantitative estimate of drug-likeness (QED) is 0.689. The number of allylic oxidation sites excluding steroid dienone is 1. The molecule has 0 unspecified atom stereocenters. The first-order valence-corrected chi connectivity index (χ1v) is 10.8. The number of amides is 1. The molecule has 1 fully saturated rings. The lowest BCUT2D eigenvalue weighted by Gasteiger charge is -2.37. The normalized spacial score (nSPS) is 22.8. The monoisotopic (exact) mass is 395 g/mol. The van der Waals surface area contributed by atoms with Crippen molar-refractivity contribution in [3.8, 4) is 5.69 Å². The molecule has 1 amide bonds. The number of carbonyl (C=O) groups is 1. The van der Waals surface area contributed by atoms with Crippen LogP contribution in [0.5, 0.6) is 0 Å². The molecule has 0 saturated heterocycles. The third-order valence-corrected chi connectivity index (χ3v) is 6.63. The van der Waals surface area contributed by atoms with Gasteiger partial charge in [0.05, 0.1) is 17.6 Å². The van der Waals surface area contributed by atoms with Crippen molar-refractivity contribution in [1.29, 1.82) is 0 Å². The number of benzene rings is 1. The van der Waals surface area contributed by atoms with Crippen molar-refractivity contribution in [2.75, 3.05) is 13.1 Å². The first-order chi connectivity index (χ1) is 14.0. The van der Waals surface area contributed by atoms with Crippen LogP contribution in [-0.4, -0.2) is 33.7 Å². The van der Waals surface area contributed by atoms with Gasteiger partial charge in [0.2, 0.25) is 5.91 Å². The number of rotatable bonds is 6. The third-order valence-electron chi connectivity index (χ3n) is 6.63. The van der Waals surface area contributed by atoms with Gasteiger partial charge in [-0.25, -0.2) is 9.07 Å². The van der Waals surface area contributed by atoms with Crippen LogP contribution in [0.3, 0.4) is 0 Å². The van der Waals surface area contributed by atoms with E-state index in [0.717, 1.165) is 62.1 Å². The van der Waals surface area contributed by atoms with Gasteiger partial charge in [0.25, 0.3) is 0 Å². The van der Waals surface area contributed by atoms with Crippen molar-refractivity contribution >= 4 is 12.0 Å². The Hall–Kier alpha value is -2.43. The number of fused-ring (bicyclic) bond motifs is 2. The number of hydrogen-bond acceptors (Lipinski definition) is 2. The molecule has 0 radical (unpaired) electrons. The molecule has 154 valence electrons. The molecule has 1 saturated carbocycles. The average molecular weight is 396 g/mol. The molecule has 0 aliphatic heterocycles. The highest BCUT2D eigenvalue weighted by molar-refractivity contribution is 5.82. The van der Waals surface area contributed by atoms with Gasteiger partial charge in [0.15, 0.2) is 0 Å². The molecular weight excluding hydrogens is 365 g/mol. The molecule has 1 heterocycles. The predicted molar refractivity (Wildman–Crippen MR) is 113 cm³/mol. The molecule has 0 N–H and O–H groups in total. The van der Waals surface area contributed by atoms with Crippen molar-refractivity contribution in [1.82, 2.24) is 14.7 Å². The van der Waals surface area contributed by atoms with Crippen molar-refractivity contribution in [3.05, 3.63) is 53.1 Å². The number of hydrogen-bond donors (Lipinski definition) is 0. The van der Waals surface area contributed by atoms with Crippen molar-refractivity contribution in [2.45, 2.75) is 52.9 Å². The van der Waals surface area contributed by atoms with Crippen LogP contribution in [0.2, 0.25) is 0 Å². The molecular formula is C24H30FN3O. The lowest BCUT2D eigenvalue weighted by molar-refractivity contribution is -0.138. The summed E-state index contributed by atoms with van der Waals surface area (Å²) in [6.45, 7) is 8.20. The summed E-state index contributed by atoms with van der Waals surface area (Å²) < 4.78 is 15.2. The molecule has 0 spiro atoms. The minimum absolute atomic E-state index is 0.0363. The Morgan fingerprint density at radius 1 is 1.24 bits per heavy atom. The van der Waals surface area contributed by atoms with E-state index >= 15 is 0 Å². The van der Waals surface area contributed by atoms with Crippen molar-refractivity contribution in [2.24, 2.45) is 11.3 Å². The molecule has 2 aliphatic carbocycles. The minimum Gasteiger partial charge on any atom is -0.342 e. The zero-order valence-electron chi connectivity index (χ0n) is 17.6. The van der Waals surface area contributed by atoms with Gasteiger partial charge in [0, 0.05) is 24.4 Å². The summed E-state index contributed by atoms with van der Waals surface area (Å²) in [6, 6.07) is 6.43. The predicted octanol–water partition coefficient (Wildman–Crippen LogP) is 5.02. The van der Waals surface area contributed by atoms with Gasteiger partial charge in [-0.3, -0.25) is 4.79 Å². The van der Waals surface area contributed by atoms with Gasteiger partial charge in [-0.2, -0.15) is 5.10 Å². The summed E-state index contributed by atoms with van der Waals surface area (Å²) in [5.74, 6) is 0.102. The van der Waals surface area contributed by atoms with Gasteiger partial charge in [-0.15, -0.1) is 0 Å². The highest BCUT2D eigenvalue weighted by Gasteiger charge is 2.49. The van der Waals surface area contributed by atoms with Gasteiger partial charge in [-0.1, -0.05) is 26.3 Å². The highest BCUT2D eigenvalue weighted by Crippen LogP contribution is 2.53. The Morgan fingerprint density at radius 2 is 1.93 bits per heavy atom. The summed E-state index contributed by atoms with van der Waals surface area (Å²) in [5.41, 5.74) is 4.30. The molecule has 2 aromatic rings. The molecule has 4 rings (SSSR count). The van der Waals surface area contributed by atoms with Crippen LogP contribution >= 0.6 is 0 Å². The van der Waals surface area contributed by atoms with Crippen LogP contribution in [0.1, 0.15) is 57.7 Å². The Morgan fingerprint density at radius 3 is 2.59 bits per heavy atom. The number of nitrogens with zero attached hydrogens (tertiary/aromatic N) is 3. The van der Waals surface area contributed by atoms with E-state index in [2.05, 4.69) is 36.8 Å². The molecule has 4 nitrogen and oxygen atoms in total. The molecule has 29 heavy (non-hydrogen) atoms. The van der Waals surface area contributed by atoms with E-state index in [0.29, 0.717) is 5.91 Å². The van der Waals surface area contributed by atoms with Crippen LogP contribution in [0.4, 0.5) is 4.39 Å². The minimum atomic E-state index is -0.249. The largest absolute Gasteiger partial charge is 0.342 e. The van der Waals surface area contributed by atoms with E-state index in [1.165, 1.54) is 17.7 Å². The van der Waals surface area contributed by atoms with Crippen LogP contribution in [-0.2, 0) is 11.2 Å². The van der Waals surface area contributed by atoms with Gasteiger partial charge >= 0.3 is 0 Å². The molecule has 2 aliphatic rings. The lowest BCUT2D eigenvalue weighted by atomic mass is 9.69. The summed E-state index contributed by atoms with van der Waals surface area (Å²) >= 11 is 0. The Labute approximate surface area is 172 Å². The fourth-order valence-corrected chi connectivity index (χ4v) is 5.12. The topological polar surface area (TPSA) is 38.1 Å². The van der Waals surface area contributed by atoms with E-state index in [-0.39, 0.29) is 17.2 Å². The maximum atomic E-state index is 13.4. The summed E-state index contributed by atoms with van der Waals surface area (Å²) in [7, 11) is 0. The van der Waals surface area contributed by atoms with E-state index in [1.54, 1.807) is 12.1 Å². The molecule has 5 heteroatoms. The zero-order valence-corrected chi connectivity index (χ0v) is 17.6. The Bertz CT molecular complexity index is 924. The molecule has 0 bridgehead atoms. The third kappa shape index (κ3) is 3.41. The summed E-state index contributed by atoms with van der Waals surface area (Å²) in [4.78, 5) is 15.5. The maximum absolute atomic E-state index is 13.4. The Kier molecular flexibility index (Phi) is 5.32. The van der Waals surface area contributed by atoms with Crippen molar-refractivity contribution < 1.29 is 9.18 Å². The van der Waals surface area contributed by atoms with E-state index in [1.807, 2.05) is 10.9 Å². The summed E-state index contributed by atoms with van der Waals surface area (Å²) in [6.07, 6.45) is 8.82. The van der Waals surface area contributed by atoms with Gasteiger partial charge in [0.1, 0.15) is 5.82 Å². The fraction of sp³-hybridized carbons (Fsp3) is 0.500. The van der Waals surface area contributed by atoms with Crippen molar-refractivity contribution in [3.63, 3.8) is 0 Å². The standard InChI is InChI=1S/C24H30FN3O/c1-4-12-27(13-5-2)23(29)21-11-6-18-14-22-17(15-24(18,21)3)16-26-28(22)20-9-7-19(25)8-10-20/h7-10,14,16,21H,4-6,11-13,15H2,1-3H3/t21-,24+/m1/s1.